The summed E-state index contributed by atoms with van der Waals surface area (Å²) in [4.78, 5) is 12.1. The summed E-state index contributed by atoms with van der Waals surface area (Å²) in [6.45, 7) is 8.91. The molecule has 0 aromatic rings. The number of amides is 1. The first kappa shape index (κ1) is 21.7. The summed E-state index contributed by atoms with van der Waals surface area (Å²) in [5.41, 5.74) is 6.68. The Kier molecular flexibility index (Phi) is 6.36. The highest BCUT2D eigenvalue weighted by Gasteiger charge is 2.60. The first-order valence-electron chi connectivity index (χ1n) is 12.9. The van der Waals surface area contributed by atoms with Gasteiger partial charge in [-0.25, -0.2) is 0 Å². The van der Waals surface area contributed by atoms with Gasteiger partial charge < -0.3 is 11.1 Å². The Labute approximate surface area is 179 Å². The molecule has 166 valence electrons. The van der Waals surface area contributed by atoms with Crippen molar-refractivity contribution in [3.8, 4) is 0 Å². The number of fused-ring (bicyclic) bond motifs is 5. The molecule has 4 aliphatic carbocycles. The number of hydrogen-bond acceptors (Lipinski definition) is 2. The molecule has 0 bridgehead atoms. The smallest absolute Gasteiger partial charge is 0.220 e. The molecule has 3 nitrogen and oxygen atoms in total. The number of hydrogen-bond donors (Lipinski definition) is 2. The number of carbonyl (C=O) groups excluding carboxylic acids is 1. The zero-order valence-corrected chi connectivity index (χ0v) is 19.3. The van der Waals surface area contributed by atoms with Gasteiger partial charge in [0.05, 0.1) is 0 Å². The van der Waals surface area contributed by atoms with Crippen molar-refractivity contribution in [1.29, 1.82) is 0 Å². The maximum atomic E-state index is 12.1. The van der Waals surface area contributed by atoms with Gasteiger partial charge in [0.1, 0.15) is 0 Å². The summed E-state index contributed by atoms with van der Waals surface area (Å²) in [5, 5.41) is 2.95. The van der Waals surface area contributed by atoms with Crippen LogP contribution in [0.5, 0.6) is 0 Å². The third-order valence-corrected chi connectivity index (χ3v) is 10.6. The zero-order chi connectivity index (χ0) is 20.6. The average molecular weight is 403 g/mol. The lowest BCUT2D eigenvalue weighted by Gasteiger charge is -2.61. The minimum absolute atomic E-state index is 0.189. The molecule has 0 spiro atoms. The quantitative estimate of drug-likeness (QED) is 0.614. The van der Waals surface area contributed by atoms with Gasteiger partial charge in [0.2, 0.25) is 5.91 Å². The van der Waals surface area contributed by atoms with Crippen LogP contribution in [0.2, 0.25) is 0 Å². The molecule has 0 aromatic heterocycles. The maximum Gasteiger partial charge on any atom is 0.220 e. The Morgan fingerprint density at radius 1 is 1.00 bits per heavy atom. The lowest BCUT2D eigenvalue weighted by Crippen LogP contribution is -2.53. The molecular formula is C26H46N2O. The lowest BCUT2D eigenvalue weighted by molar-refractivity contribution is -0.122. The Bertz CT molecular complexity index is 591. The van der Waals surface area contributed by atoms with Crippen LogP contribution in [0.15, 0.2) is 0 Å². The van der Waals surface area contributed by atoms with Crippen molar-refractivity contribution in [3.63, 3.8) is 0 Å². The summed E-state index contributed by atoms with van der Waals surface area (Å²) >= 11 is 0. The van der Waals surface area contributed by atoms with E-state index in [0.29, 0.717) is 36.3 Å². The number of rotatable bonds is 6. The van der Waals surface area contributed by atoms with Crippen LogP contribution >= 0.6 is 0 Å². The van der Waals surface area contributed by atoms with E-state index in [2.05, 4.69) is 26.1 Å². The second-order valence-corrected chi connectivity index (χ2v) is 11.8. The second-order valence-electron chi connectivity index (χ2n) is 11.8. The minimum Gasteiger partial charge on any atom is -0.355 e. The predicted molar refractivity (Wildman–Crippen MR) is 120 cm³/mol. The van der Waals surface area contributed by atoms with E-state index < -0.39 is 0 Å². The van der Waals surface area contributed by atoms with E-state index in [4.69, 9.17) is 5.73 Å². The first-order chi connectivity index (χ1) is 13.9. The Balaban J connectivity index is 1.42. The Morgan fingerprint density at radius 3 is 2.59 bits per heavy atom. The molecular weight excluding hydrogens is 356 g/mol. The third-order valence-electron chi connectivity index (χ3n) is 10.6. The normalized spacial score (nSPS) is 45.0. The summed E-state index contributed by atoms with van der Waals surface area (Å²) in [7, 11) is 0. The van der Waals surface area contributed by atoms with E-state index in [1.54, 1.807) is 0 Å². The van der Waals surface area contributed by atoms with Crippen LogP contribution in [0.25, 0.3) is 0 Å². The van der Waals surface area contributed by atoms with Crippen LogP contribution in [0.4, 0.5) is 0 Å². The topological polar surface area (TPSA) is 55.1 Å². The van der Waals surface area contributed by atoms with E-state index in [1.807, 2.05) is 0 Å². The standard InChI is InChI=1S/C26H46N2O/c1-18(7-12-24(29)28-17-16-27)21-10-11-22-20-9-8-19-6-4-5-14-25(19,2)23(20)13-15-26(21,22)3/h18-23H,4-17,27H2,1-3H3,(H,28,29)/t18?,19-,20-,21?,22-,23-,25-,26+/m0/s1. The summed E-state index contributed by atoms with van der Waals surface area (Å²) in [6, 6.07) is 0. The highest BCUT2D eigenvalue weighted by Crippen LogP contribution is 2.68. The van der Waals surface area contributed by atoms with Gasteiger partial charge in [-0.1, -0.05) is 33.6 Å². The van der Waals surface area contributed by atoms with Crippen molar-refractivity contribution in [1.82, 2.24) is 5.32 Å². The van der Waals surface area contributed by atoms with Gasteiger partial charge in [-0.3, -0.25) is 4.79 Å². The fraction of sp³-hybridized carbons (Fsp3) is 0.962. The SMILES string of the molecule is CC(CCC(=O)NCCN)C1CC[C@H]2[C@@H]3CC[C@@H]4CCCC[C@]4(C)[C@H]3CC[C@]12C. The first-order valence-corrected chi connectivity index (χ1v) is 12.9. The van der Waals surface area contributed by atoms with Crippen molar-refractivity contribution < 1.29 is 4.79 Å². The van der Waals surface area contributed by atoms with E-state index in [9.17, 15) is 4.79 Å². The molecule has 4 rings (SSSR count). The van der Waals surface area contributed by atoms with Crippen molar-refractivity contribution >= 4 is 5.91 Å². The van der Waals surface area contributed by atoms with Crippen molar-refractivity contribution in [2.24, 2.45) is 52.1 Å². The van der Waals surface area contributed by atoms with Gasteiger partial charge in [0.25, 0.3) is 0 Å². The molecule has 0 saturated heterocycles. The van der Waals surface area contributed by atoms with E-state index in [1.165, 1.54) is 64.2 Å². The molecule has 4 saturated carbocycles. The molecule has 8 atom stereocenters. The number of carbonyl (C=O) groups is 1. The van der Waals surface area contributed by atoms with Gasteiger partial charge in [0, 0.05) is 19.5 Å². The van der Waals surface area contributed by atoms with Crippen LogP contribution < -0.4 is 11.1 Å². The highest BCUT2D eigenvalue weighted by atomic mass is 16.1. The molecule has 3 heteroatoms. The van der Waals surface area contributed by atoms with Crippen LogP contribution in [0, 0.1) is 46.3 Å². The van der Waals surface area contributed by atoms with Crippen LogP contribution in [-0.4, -0.2) is 19.0 Å². The molecule has 4 aliphatic rings. The molecule has 1 amide bonds. The number of nitrogens with one attached hydrogen (secondary N) is 1. The molecule has 0 radical (unpaired) electrons. The van der Waals surface area contributed by atoms with Crippen LogP contribution in [0.1, 0.15) is 97.8 Å². The van der Waals surface area contributed by atoms with Gasteiger partial charge in [-0.15, -0.1) is 0 Å². The molecule has 29 heavy (non-hydrogen) atoms. The fourth-order valence-electron chi connectivity index (χ4n) is 9.13. The van der Waals surface area contributed by atoms with Crippen LogP contribution in [0.3, 0.4) is 0 Å². The molecule has 2 unspecified atom stereocenters. The van der Waals surface area contributed by atoms with E-state index >= 15 is 0 Å². The monoisotopic (exact) mass is 402 g/mol. The Hall–Kier alpha value is -0.570. The maximum absolute atomic E-state index is 12.1. The van der Waals surface area contributed by atoms with E-state index in [0.717, 1.165) is 36.0 Å². The second kappa shape index (κ2) is 8.52. The minimum atomic E-state index is 0.189. The highest BCUT2D eigenvalue weighted by molar-refractivity contribution is 5.75. The van der Waals surface area contributed by atoms with Gasteiger partial charge in [-0.2, -0.15) is 0 Å². The molecule has 0 aromatic carbocycles. The lowest BCUT2D eigenvalue weighted by atomic mass is 9.44. The van der Waals surface area contributed by atoms with Crippen molar-refractivity contribution in [2.75, 3.05) is 13.1 Å². The van der Waals surface area contributed by atoms with Crippen LogP contribution in [-0.2, 0) is 4.79 Å². The summed E-state index contributed by atoms with van der Waals surface area (Å²) < 4.78 is 0. The van der Waals surface area contributed by atoms with Gasteiger partial charge in [-0.05, 0) is 104 Å². The van der Waals surface area contributed by atoms with Crippen molar-refractivity contribution in [3.05, 3.63) is 0 Å². The number of nitrogens with two attached hydrogens (primary N) is 1. The van der Waals surface area contributed by atoms with Gasteiger partial charge >= 0.3 is 0 Å². The molecule has 4 fully saturated rings. The third kappa shape index (κ3) is 3.79. The summed E-state index contributed by atoms with van der Waals surface area (Å²) in [6.07, 6.45) is 16.5. The van der Waals surface area contributed by atoms with Crippen molar-refractivity contribution in [2.45, 2.75) is 97.8 Å². The molecule has 3 N–H and O–H groups in total. The van der Waals surface area contributed by atoms with Gasteiger partial charge in [0.15, 0.2) is 0 Å². The fourth-order valence-corrected chi connectivity index (χ4v) is 9.13. The molecule has 0 heterocycles. The molecule has 0 aliphatic heterocycles. The van der Waals surface area contributed by atoms with E-state index in [-0.39, 0.29) is 5.91 Å². The summed E-state index contributed by atoms with van der Waals surface area (Å²) in [5.74, 6) is 5.60. The largest absolute Gasteiger partial charge is 0.355 e. The predicted octanol–water partition coefficient (Wildman–Crippen LogP) is 5.53. The average Bonchev–Trinajstić information content (AvgIpc) is 3.07. The zero-order valence-electron chi connectivity index (χ0n) is 19.3. The Morgan fingerprint density at radius 2 is 1.79 bits per heavy atom.